The van der Waals surface area contributed by atoms with Gasteiger partial charge in [-0.05, 0) is 18.3 Å². The Hall–Kier alpha value is -1.15. The van der Waals surface area contributed by atoms with Crippen molar-refractivity contribution in [1.29, 1.82) is 0 Å². The number of rotatable bonds is 5. The van der Waals surface area contributed by atoms with E-state index in [4.69, 9.17) is 0 Å². The van der Waals surface area contributed by atoms with E-state index in [1.807, 2.05) is 0 Å². The van der Waals surface area contributed by atoms with Crippen LogP contribution >= 0.6 is 0 Å². The summed E-state index contributed by atoms with van der Waals surface area (Å²) in [6.07, 6.45) is 0.976. The van der Waals surface area contributed by atoms with Gasteiger partial charge in [-0.2, -0.15) is 4.31 Å². The molecule has 7 nitrogen and oxygen atoms in total. The number of hydrogen-bond acceptors (Lipinski definition) is 5. The number of nitrogens with zero attached hydrogens (tertiary/aromatic N) is 1. The molecule has 0 amide bonds. The summed E-state index contributed by atoms with van der Waals surface area (Å²) >= 11 is 0. The molecule has 1 rings (SSSR count). The molecule has 0 aliphatic carbocycles. The molecule has 0 saturated carbocycles. The summed E-state index contributed by atoms with van der Waals surface area (Å²) in [5, 5.41) is 9.33. The van der Waals surface area contributed by atoms with Gasteiger partial charge in [-0.3, -0.25) is 9.59 Å². The monoisotopic (exact) mass is 307 g/mol. The fourth-order valence-electron chi connectivity index (χ4n) is 2.53. The normalized spacial score (nSPS) is 23.2. The van der Waals surface area contributed by atoms with Crippen LogP contribution in [0.3, 0.4) is 0 Å². The number of piperidine rings is 1. The summed E-state index contributed by atoms with van der Waals surface area (Å²) in [6, 6.07) is -1.10. The SMILES string of the molecule is COC(=O)CCS(=O)(=O)N1CCCC(C)(C)C1C(=O)O. The maximum atomic E-state index is 12.3. The Labute approximate surface area is 118 Å². The highest BCUT2D eigenvalue weighted by Gasteiger charge is 2.47. The Bertz CT molecular complexity index is 484. The van der Waals surface area contributed by atoms with Gasteiger partial charge < -0.3 is 9.84 Å². The fraction of sp³-hybridized carbons (Fsp3) is 0.833. The standard InChI is InChI=1S/C12H21NO6S/c1-12(2)6-4-7-13(10(12)11(15)16)20(17,18)8-5-9(14)19-3/h10H,4-8H2,1-3H3,(H,15,16). The highest BCUT2D eigenvalue weighted by molar-refractivity contribution is 7.89. The van der Waals surface area contributed by atoms with Gasteiger partial charge in [0.1, 0.15) is 6.04 Å². The van der Waals surface area contributed by atoms with Crippen LogP contribution < -0.4 is 0 Å². The third kappa shape index (κ3) is 3.69. The van der Waals surface area contributed by atoms with Crippen molar-refractivity contribution < 1.29 is 27.9 Å². The van der Waals surface area contributed by atoms with Crippen molar-refractivity contribution in [2.45, 2.75) is 39.2 Å². The number of carbonyl (C=O) groups excluding carboxylic acids is 1. The molecule has 0 aromatic rings. The number of esters is 1. The van der Waals surface area contributed by atoms with Crippen LogP contribution in [-0.4, -0.2) is 55.2 Å². The van der Waals surface area contributed by atoms with Gasteiger partial charge in [0.2, 0.25) is 10.0 Å². The van der Waals surface area contributed by atoms with Gasteiger partial charge in [-0.1, -0.05) is 13.8 Å². The minimum atomic E-state index is -3.80. The second kappa shape index (κ2) is 6.09. The van der Waals surface area contributed by atoms with Crippen LogP contribution in [0.25, 0.3) is 0 Å². The Morgan fingerprint density at radius 3 is 2.50 bits per heavy atom. The minimum absolute atomic E-state index is 0.171. The first-order chi connectivity index (χ1) is 9.12. The van der Waals surface area contributed by atoms with E-state index in [9.17, 15) is 23.1 Å². The number of hydrogen-bond donors (Lipinski definition) is 1. The zero-order valence-corrected chi connectivity index (χ0v) is 12.8. The van der Waals surface area contributed by atoms with Crippen molar-refractivity contribution in [1.82, 2.24) is 4.31 Å². The molecule has 0 radical (unpaired) electrons. The van der Waals surface area contributed by atoms with E-state index in [-0.39, 0.29) is 13.0 Å². The number of carbonyl (C=O) groups is 2. The van der Waals surface area contributed by atoms with E-state index in [1.165, 1.54) is 7.11 Å². The van der Waals surface area contributed by atoms with Gasteiger partial charge in [-0.15, -0.1) is 0 Å². The molecule has 1 aliphatic rings. The molecule has 1 saturated heterocycles. The lowest BCUT2D eigenvalue weighted by molar-refractivity contribution is -0.147. The molecule has 0 aromatic carbocycles. The quantitative estimate of drug-likeness (QED) is 0.740. The molecule has 1 fully saturated rings. The summed E-state index contributed by atoms with van der Waals surface area (Å²) in [4.78, 5) is 22.5. The maximum Gasteiger partial charge on any atom is 0.322 e. The van der Waals surface area contributed by atoms with E-state index in [1.54, 1.807) is 13.8 Å². The van der Waals surface area contributed by atoms with Crippen molar-refractivity contribution in [2.24, 2.45) is 5.41 Å². The fourth-order valence-corrected chi connectivity index (χ4v) is 4.30. The summed E-state index contributed by atoms with van der Waals surface area (Å²) in [5.41, 5.74) is -0.636. The van der Waals surface area contributed by atoms with Crippen LogP contribution in [0.15, 0.2) is 0 Å². The van der Waals surface area contributed by atoms with E-state index >= 15 is 0 Å². The van der Waals surface area contributed by atoms with Crippen LogP contribution in [0.2, 0.25) is 0 Å². The van der Waals surface area contributed by atoms with Crippen molar-refractivity contribution in [3.05, 3.63) is 0 Å². The summed E-state index contributed by atoms with van der Waals surface area (Å²) in [7, 11) is -2.62. The van der Waals surface area contributed by atoms with Gasteiger partial charge in [-0.25, -0.2) is 8.42 Å². The lowest BCUT2D eigenvalue weighted by Crippen LogP contribution is -2.56. The molecule has 0 aromatic heterocycles. The van der Waals surface area contributed by atoms with Gasteiger partial charge in [0.15, 0.2) is 0 Å². The number of sulfonamides is 1. The second-order valence-corrected chi connectivity index (χ2v) is 7.63. The van der Waals surface area contributed by atoms with Crippen molar-refractivity contribution in [2.75, 3.05) is 19.4 Å². The highest BCUT2D eigenvalue weighted by atomic mass is 32.2. The molecule has 0 spiro atoms. The molecule has 0 bridgehead atoms. The molecule has 1 heterocycles. The van der Waals surface area contributed by atoms with Crippen LogP contribution in [0.5, 0.6) is 0 Å². The predicted molar refractivity (Wildman–Crippen MR) is 71.6 cm³/mol. The summed E-state index contributed by atoms with van der Waals surface area (Å²) in [5.74, 6) is -2.22. The Morgan fingerprint density at radius 2 is 2.00 bits per heavy atom. The van der Waals surface area contributed by atoms with Crippen molar-refractivity contribution in [3.63, 3.8) is 0 Å². The number of carboxylic acids is 1. The lowest BCUT2D eigenvalue weighted by atomic mass is 9.77. The average molecular weight is 307 g/mol. The second-order valence-electron chi connectivity index (χ2n) is 5.59. The number of aliphatic carboxylic acids is 1. The molecule has 20 heavy (non-hydrogen) atoms. The summed E-state index contributed by atoms with van der Waals surface area (Å²) < 4.78 is 30.0. The van der Waals surface area contributed by atoms with Gasteiger partial charge in [0.25, 0.3) is 0 Å². The molecular formula is C12H21NO6S. The van der Waals surface area contributed by atoms with Crippen LogP contribution in [0.1, 0.15) is 33.1 Å². The highest BCUT2D eigenvalue weighted by Crippen LogP contribution is 2.36. The van der Waals surface area contributed by atoms with E-state index < -0.39 is 39.2 Å². The molecule has 1 atom stereocenters. The Kier molecular flexibility index (Phi) is 5.15. The van der Waals surface area contributed by atoms with E-state index in [2.05, 4.69) is 4.74 Å². The molecule has 1 aliphatic heterocycles. The zero-order chi connectivity index (χ0) is 15.6. The van der Waals surface area contributed by atoms with E-state index in [0.717, 1.165) is 4.31 Å². The average Bonchev–Trinajstić information content (AvgIpc) is 2.34. The van der Waals surface area contributed by atoms with Gasteiger partial charge >= 0.3 is 11.9 Å². The first-order valence-corrected chi connectivity index (χ1v) is 8.02. The Balaban J connectivity index is 2.96. The smallest absolute Gasteiger partial charge is 0.322 e. The number of ether oxygens (including phenoxy) is 1. The largest absolute Gasteiger partial charge is 0.480 e. The molecular weight excluding hydrogens is 286 g/mol. The van der Waals surface area contributed by atoms with Crippen LogP contribution in [0, 0.1) is 5.41 Å². The predicted octanol–water partition coefficient (Wildman–Crippen LogP) is 0.454. The maximum absolute atomic E-state index is 12.3. The minimum Gasteiger partial charge on any atom is -0.480 e. The molecule has 8 heteroatoms. The first kappa shape index (κ1) is 16.9. The van der Waals surface area contributed by atoms with Crippen LogP contribution in [-0.2, 0) is 24.3 Å². The first-order valence-electron chi connectivity index (χ1n) is 6.41. The topological polar surface area (TPSA) is 101 Å². The number of methoxy groups -OCH3 is 1. The van der Waals surface area contributed by atoms with E-state index in [0.29, 0.717) is 12.8 Å². The molecule has 116 valence electrons. The molecule has 1 unspecified atom stereocenters. The third-order valence-corrected chi connectivity index (χ3v) is 5.44. The molecule has 1 N–H and O–H groups in total. The van der Waals surface area contributed by atoms with Crippen LogP contribution in [0.4, 0.5) is 0 Å². The van der Waals surface area contributed by atoms with Gasteiger partial charge in [0, 0.05) is 6.54 Å². The zero-order valence-electron chi connectivity index (χ0n) is 12.0. The van der Waals surface area contributed by atoms with Gasteiger partial charge in [0.05, 0.1) is 19.3 Å². The lowest BCUT2D eigenvalue weighted by Gasteiger charge is -2.43. The van der Waals surface area contributed by atoms with Crippen molar-refractivity contribution >= 4 is 22.0 Å². The number of carboxylic acid groups (broad SMARTS) is 1. The Morgan fingerprint density at radius 1 is 1.40 bits per heavy atom. The van der Waals surface area contributed by atoms with Crippen molar-refractivity contribution in [3.8, 4) is 0 Å². The summed E-state index contributed by atoms with van der Waals surface area (Å²) in [6.45, 7) is 3.66. The third-order valence-electron chi connectivity index (χ3n) is 3.61.